The molecule has 8 nitrogen and oxygen atoms in total. The average molecular weight is 393 g/mol. The Labute approximate surface area is 159 Å². The molecule has 0 saturated carbocycles. The summed E-state index contributed by atoms with van der Waals surface area (Å²) in [5.41, 5.74) is 1.91. The molecule has 2 aromatic rings. The minimum atomic E-state index is -3.86. The number of hydrogen-bond acceptors (Lipinski definition) is 6. The predicted molar refractivity (Wildman–Crippen MR) is 104 cm³/mol. The van der Waals surface area contributed by atoms with Gasteiger partial charge in [-0.25, -0.2) is 13.1 Å². The minimum absolute atomic E-state index is 0.0669. The van der Waals surface area contributed by atoms with E-state index in [0.29, 0.717) is 6.54 Å². The van der Waals surface area contributed by atoms with E-state index in [-0.39, 0.29) is 22.9 Å². The summed E-state index contributed by atoms with van der Waals surface area (Å²) < 4.78 is 32.7. The van der Waals surface area contributed by atoms with E-state index in [9.17, 15) is 18.5 Å². The predicted octanol–water partition coefficient (Wildman–Crippen LogP) is 2.72. The van der Waals surface area contributed by atoms with E-state index in [1.165, 1.54) is 13.2 Å². The first-order valence-electron chi connectivity index (χ1n) is 8.42. The second kappa shape index (κ2) is 8.83. The first-order valence-corrected chi connectivity index (χ1v) is 9.90. The third kappa shape index (κ3) is 5.18. The summed E-state index contributed by atoms with van der Waals surface area (Å²) in [7, 11) is -2.59. The quantitative estimate of drug-likeness (QED) is 0.519. The molecular formula is C18H23N3O5S. The van der Waals surface area contributed by atoms with E-state index in [1.54, 1.807) is 0 Å². The van der Waals surface area contributed by atoms with Crippen LogP contribution < -0.4 is 14.4 Å². The van der Waals surface area contributed by atoms with Crippen LogP contribution in [0.4, 0.5) is 11.4 Å². The van der Waals surface area contributed by atoms with Gasteiger partial charge in [-0.15, -0.1) is 0 Å². The molecule has 0 fully saturated rings. The van der Waals surface area contributed by atoms with Crippen molar-refractivity contribution in [2.75, 3.05) is 31.6 Å². The first-order chi connectivity index (χ1) is 12.8. The molecule has 2 aromatic carbocycles. The molecule has 0 aliphatic rings. The van der Waals surface area contributed by atoms with Gasteiger partial charge in [-0.2, -0.15) is 0 Å². The highest BCUT2D eigenvalue weighted by atomic mass is 32.2. The van der Waals surface area contributed by atoms with Crippen molar-refractivity contribution < 1.29 is 18.1 Å². The van der Waals surface area contributed by atoms with E-state index in [1.807, 2.05) is 38.1 Å². The lowest BCUT2D eigenvalue weighted by Crippen LogP contribution is -2.35. The summed E-state index contributed by atoms with van der Waals surface area (Å²) in [6.45, 7) is 5.39. The zero-order valence-electron chi connectivity index (χ0n) is 15.5. The molecular weight excluding hydrogens is 370 g/mol. The van der Waals surface area contributed by atoms with Crippen molar-refractivity contribution in [2.24, 2.45) is 0 Å². The highest BCUT2D eigenvalue weighted by Crippen LogP contribution is 2.28. The normalized spacial score (nSPS) is 11.2. The van der Waals surface area contributed by atoms with Crippen LogP contribution in [0.5, 0.6) is 5.75 Å². The van der Waals surface area contributed by atoms with E-state index >= 15 is 0 Å². The standard InChI is InChI=1S/C18H23N3O5S/c1-4-20(15-7-5-6-14(2)12-15)11-10-19-27(24,25)18-9-8-16(21(22)23)13-17(18)26-3/h5-9,12-13,19H,4,10-11H2,1-3H3. The van der Waals surface area contributed by atoms with Gasteiger partial charge in [-0.1, -0.05) is 12.1 Å². The number of hydrogen-bond donors (Lipinski definition) is 1. The van der Waals surface area contributed by atoms with Gasteiger partial charge >= 0.3 is 0 Å². The fourth-order valence-electron chi connectivity index (χ4n) is 2.68. The Hall–Kier alpha value is -2.65. The van der Waals surface area contributed by atoms with Gasteiger partial charge < -0.3 is 9.64 Å². The molecule has 0 aliphatic heterocycles. The van der Waals surface area contributed by atoms with E-state index in [2.05, 4.69) is 9.62 Å². The van der Waals surface area contributed by atoms with Gasteiger partial charge in [0.25, 0.3) is 5.69 Å². The number of rotatable bonds is 9. The Morgan fingerprint density at radius 1 is 1.22 bits per heavy atom. The number of nitrogens with one attached hydrogen (secondary N) is 1. The van der Waals surface area contributed by atoms with Crippen molar-refractivity contribution in [3.05, 3.63) is 58.1 Å². The van der Waals surface area contributed by atoms with Crippen LogP contribution in [0.15, 0.2) is 47.4 Å². The smallest absolute Gasteiger partial charge is 0.273 e. The van der Waals surface area contributed by atoms with Crippen molar-refractivity contribution in [3.8, 4) is 5.75 Å². The van der Waals surface area contributed by atoms with Gasteiger partial charge in [-0.05, 0) is 37.6 Å². The molecule has 0 aliphatic carbocycles. The highest BCUT2D eigenvalue weighted by Gasteiger charge is 2.22. The molecule has 0 spiro atoms. The van der Waals surface area contributed by atoms with Gasteiger partial charge in [0, 0.05) is 31.4 Å². The van der Waals surface area contributed by atoms with E-state index in [0.717, 1.165) is 29.9 Å². The number of benzene rings is 2. The molecule has 0 saturated heterocycles. The van der Waals surface area contributed by atoms with Crippen LogP contribution in [0, 0.1) is 17.0 Å². The van der Waals surface area contributed by atoms with Crippen LogP contribution in [0.1, 0.15) is 12.5 Å². The zero-order valence-corrected chi connectivity index (χ0v) is 16.3. The molecule has 0 amide bonds. The Balaban J connectivity index is 2.11. The number of nitrogens with zero attached hydrogens (tertiary/aromatic N) is 2. The molecule has 0 bridgehead atoms. The maximum absolute atomic E-state index is 12.6. The Kier molecular flexibility index (Phi) is 6.75. The summed E-state index contributed by atoms with van der Waals surface area (Å²) in [4.78, 5) is 12.2. The van der Waals surface area contributed by atoms with Crippen molar-refractivity contribution in [1.29, 1.82) is 0 Å². The number of ether oxygens (including phenoxy) is 1. The Morgan fingerprint density at radius 3 is 2.56 bits per heavy atom. The van der Waals surface area contributed by atoms with Crippen LogP contribution in [0.2, 0.25) is 0 Å². The Morgan fingerprint density at radius 2 is 1.96 bits per heavy atom. The summed E-state index contributed by atoms with van der Waals surface area (Å²) in [5, 5.41) is 10.8. The summed E-state index contributed by atoms with van der Waals surface area (Å²) >= 11 is 0. The number of non-ortho nitro benzene ring substituents is 1. The van der Waals surface area contributed by atoms with Crippen molar-refractivity contribution in [2.45, 2.75) is 18.7 Å². The summed E-state index contributed by atoms with van der Waals surface area (Å²) in [5.74, 6) is -0.0669. The lowest BCUT2D eigenvalue weighted by Gasteiger charge is -2.23. The third-order valence-electron chi connectivity index (χ3n) is 4.07. The molecule has 0 unspecified atom stereocenters. The van der Waals surface area contributed by atoms with Gasteiger partial charge in [0.05, 0.1) is 18.1 Å². The number of likely N-dealkylation sites (N-methyl/N-ethyl adjacent to an activating group) is 1. The Bertz CT molecular complexity index is 915. The second-order valence-corrected chi connectivity index (χ2v) is 7.64. The van der Waals surface area contributed by atoms with Crippen LogP contribution in [-0.2, 0) is 10.0 Å². The molecule has 0 aromatic heterocycles. The fourth-order valence-corrected chi connectivity index (χ4v) is 3.85. The maximum Gasteiger partial charge on any atom is 0.273 e. The number of nitro benzene ring substituents is 1. The summed E-state index contributed by atoms with van der Waals surface area (Å²) in [6.07, 6.45) is 0. The molecule has 1 N–H and O–H groups in total. The van der Waals surface area contributed by atoms with Gasteiger partial charge in [0.2, 0.25) is 10.0 Å². The fraction of sp³-hybridized carbons (Fsp3) is 0.333. The molecule has 2 rings (SSSR count). The van der Waals surface area contributed by atoms with Crippen LogP contribution >= 0.6 is 0 Å². The van der Waals surface area contributed by atoms with Crippen molar-refractivity contribution in [1.82, 2.24) is 4.72 Å². The van der Waals surface area contributed by atoms with Gasteiger partial charge in [-0.3, -0.25) is 10.1 Å². The van der Waals surface area contributed by atoms with Gasteiger partial charge in [0.1, 0.15) is 10.6 Å². The number of methoxy groups -OCH3 is 1. The lowest BCUT2D eigenvalue weighted by atomic mass is 10.2. The van der Waals surface area contributed by atoms with Crippen LogP contribution in [-0.4, -0.2) is 40.1 Å². The second-order valence-electron chi connectivity index (χ2n) is 5.91. The number of anilines is 1. The number of aryl methyl sites for hydroxylation is 1. The summed E-state index contributed by atoms with van der Waals surface area (Å²) in [6, 6.07) is 11.4. The largest absolute Gasteiger partial charge is 0.495 e. The third-order valence-corrected chi connectivity index (χ3v) is 5.57. The lowest BCUT2D eigenvalue weighted by molar-refractivity contribution is -0.385. The molecule has 0 heterocycles. The number of sulfonamides is 1. The SMILES string of the molecule is CCN(CCNS(=O)(=O)c1ccc([N+](=O)[O-])cc1OC)c1cccc(C)c1. The topological polar surface area (TPSA) is 102 Å². The number of nitro groups is 1. The highest BCUT2D eigenvalue weighted by molar-refractivity contribution is 7.89. The van der Waals surface area contributed by atoms with Crippen LogP contribution in [0.25, 0.3) is 0 Å². The first kappa shape index (κ1) is 20.7. The molecule has 0 radical (unpaired) electrons. The van der Waals surface area contributed by atoms with Crippen molar-refractivity contribution >= 4 is 21.4 Å². The molecule has 146 valence electrons. The average Bonchev–Trinajstić information content (AvgIpc) is 2.64. The van der Waals surface area contributed by atoms with Gasteiger partial charge in [0.15, 0.2) is 0 Å². The molecule has 9 heteroatoms. The van der Waals surface area contributed by atoms with Crippen molar-refractivity contribution in [3.63, 3.8) is 0 Å². The maximum atomic E-state index is 12.6. The van der Waals surface area contributed by atoms with E-state index < -0.39 is 14.9 Å². The molecule has 0 atom stereocenters. The monoisotopic (exact) mass is 393 g/mol. The van der Waals surface area contributed by atoms with Crippen LogP contribution in [0.3, 0.4) is 0 Å². The molecule has 27 heavy (non-hydrogen) atoms. The minimum Gasteiger partial charge on any atom is -0.495 e. The van der Waals surface area contributed by atoms with E-state index in [4.69, 9.17) is 4.74 Å². The zero-order chi connectivity index (χ0) is 20.0.